The number of carbonyl (C=O) groups excluding carboxylic acids is 2. The third-order valence-electron chi connectivity index (χ3n) is 2.73. The lowest BCUT2D eigenvalue weighted by atomic mass is 10.2. The summed E-state index contributed by atoms with van der Waals surface area (Å²) in [6.07, 6.45) is 1.92. The lowest BCUT2D eigenvalue weighted by Crippen LogP contribution is -2.56. The second kappa shape index (κ2) is 5.63. The van der Waals surface area contributed by atoms with Gasteiger partial charge in [-0.05, 0) is 6.42 Å². The molecule has 0 saturated carbocycles. The number of hydrogen-bond donors (Lipinski definition) is 4. The molecule has 1 aliphatic heterocycles. The largest absolute Gasteiger partial charge is 0.353 e. The molecule has 2 rings (SSSR count). The van der Waals surface area contributed by atoms with E-state index >= 15 is 0 Å². The fraction of sp³-hybridized carbons (Fsp3) is 0.545. The van der Waals surface area contributed by atoms with Gasteiger partial charge in [0.05, 0.1) is 6.54 Å². The van der Waals surface area contributed by atoms with Gasteiger partial charge in [0, 0.05) is 18.3 Å². The van der Waals surface area contributed by atoms with E-state index in [9.17, 15) is 9.59 Å². The first-order valence-electron chi connectivity index (χ1n) is 6.04. The van der Waals surface area contributed by atoms with Crippen LogP contribution in [0.4, 0.5) is 5.82 Å². The molecule has 0 aromatic carbocycles. The third-order valence-corrected chi connectivity index (χ3v) is 2.73. The van der Waals surface area contributed by atoms with Crippen molar-refractivity contribution in [2.75, 3.05) is 18.4 Å². The van der Waals surface area contributed by atoms with Gasteiger partial charge in [-0.2, -0.15) is 5.10 Å². The van der Waals surface area contributed by atoms with E-state index < -0.39 is 6.04 Å². The maximum atomic E-state index is 11.9. The summed E-state index contributed by atoms with van der Waals surface area (Å²) in [5.41, 5.74) is 0.998. The monoisotopic (exact) mass is 251 g/mol. The smallest absolute Gasteiger partial charge is 0.244 e. The second-order valence-electron chi connectivity index (χ2n) is 4.26. The van der Waals surface area contributed by atoms with Crippen molar-refractivity contribution in [3.05, 3.63) is 11.8 Å². The van der Waals surface area contributed by atoms with E-state index in [0.29, 0.717) is 12.4 Å². The average molecular weight is 251 g/mol. The van der Waals surface area contributed by atoms with Crippen molar-refractivity contribution in [2.24, 2.45) is 0 Å². The number of piperazine rings is 1. The molecule has 7 nitrogen and oxygen atoms in total. The van der Waals surface area contributed by atoms with Gasteiger partial charge in [-0.25, -0.2) is 0 Å². The van der Waals surface area contributed by atoms with Crippen LogP contribution in [-0.2, 0) is 16.0 Å². The van der Waals surface area contributed by atoms with E-state index in [-0.39, 0.29) is 18.4 Å². The number of amides is 2. The van der Waals surface area contributed by atoms with Crippen LogP contribution in [0.5, 0.6) is 0 Å². The first-order chi connectivity index (χ1) is 8.69. The highest BCUT2D eigenvalue weighted by atomic mass is 16.2. The van der Waals surface area contributed by atoms with Crippen LogP contribution < -0.4 is 16.0 Å². The molecule has 1 fully saturated rings. The minimum Gasteiger partial charge on any atom is -0.353 e. The van der Waals surface area contributed by atoms with Crippen LogP contribution >= 0.6 is 0 Å². The van der Waals surface area contributed by atoms with Crippen molar-refractivity contribution in [3.63, 3.8) is 0 Å². The van der Waals surface area contributed by atoms with Crippen molar-refractivity contribution < 1.29 is 9.59 Å². The summed E-state index contributed by atoms with van der Waals surface area (Å²) in [6, 6.07) is 1.41. The molecule has 18 heavy (non-hydrogen) atoms. The standard InChI is InChI=1S/C11H17N5O2/c1-2-3-7-4-9(16-15-7)14-11(18)8-5-13-10(17)6-12-8/h4,8,12H,2-3,5-6H2,1H3,(H,13,17)(H2,14,15,16,18). The van der Waals surface area contributed by atoms with Crippen molar-refractivity contribution in [2.45, 2.75) is 25.8 Å². The van der Waals surface area contributed by atoms with Crippen molar-refractivity contribution >= 4 is 17.6 Å². The van der Waals surface area contributed by atoms with Crippen LogP contribution in [0.2, 0.25) is 0 Å². The van der Waals surface area contributed by atoms with E-state index in [1.165, 1.54) is 0 Å². The van der Waals surface area contributed by atoms with Crippen molar-refractivity contribution in [1.82, 2.24) is 20.8 Å². The molecule has 2 heterocycles. The molecule has 7 heteroatoms. The Balaban J connectivity index is 1.88. The molecule has 1 saturated heterocycles. The van der Waals surface area contributed by atoms with E-state index in [0.717, 1.165) is 18.5 Å². The summed E-state index contributed by atoms with van der Waals surface area (Å²) in [7, 11) is 0. The lowest BCUT2D eigenvalue weighted by Gasteiger charge is -2.22. The minimum atomic E-state index is -0.408. The molecule has 1 aromatic rings. The van der Waals surface area contributed by atoms with Gasteiger partial charge in [-0.3, -0.25) is 20.0 Å². The Morgan fingerprint density at radius 2 is 2.44 bits per heavy atom. The Morgan fingerprint density at radius 3 is 3.11 bits per heavy atom. The van der Waals surface area contributed by atoms with Gasteiger partial charge in [0.15, 0.2) is 5.82 Å². The maximum absolute atomic E-state index is 11.9. The molecule has 1 aromatic heterocycles. The van der Waals surface area contributed by atoms with E-state index in [4.69, 9.17) is 0 Å². The number of nitrogens with one attached hydrogen (secondary N) is 4. The number of aryl methyl sites for hydroxylation is 1. The number of aromatic amines is 1. The van der Waals surface area contributed by atoms with Crippen LogP contribution in [0, 0.1) is 0 Å². The quantitative estimate of drug-likeness (QED) is 0.573. The van der Waals surface area contributed by atoms with E-state index in [1.807, 2.05) is 6.07 Å². The molecule has 0 spiro atoms. The van der Waals surface area contributed by atoms with Crippen LogP contribution in [0.1, 0.15) is 19.0 Å². The highest BCUT2D eigenvalue weighted by Crippen LogP contribution is 2.07. The zero-order valence-corrected chi connectivity index (χ0v) is 10.2. The number of aromatic nitrogens is 2. The van der Waals surface area contributed by atoms with Crippen LogP contribution in [0.15, 0.2) is 6.07 Å². The molecule has 98 valence electrons. The normalized spacial score (nSPS) is 19.4. The summed E-state index contributed by atoms with van der Waals surface area (Å²) >= 11 is 0. The maximum Gasteiger partial charge on any atom is 0.244 e. The summed E-state index contributed by atoms with van der Waals surface area (Å²) in [4.78, 5) is 22.8. The molecule has 1 atom stereocenters. The number of hydrogen-bond acceptors (Lipinski definition) is 4. The van der Waals surface area contributed by atoms with Crippen LogP contribution in [0.25, 0.3) is 0 Å². The Labute approximate surface area is 105 Å². The molecule has 4 N–H and O–H groups in total. The summed E-state index contributed by atoms with van der Waals surface area (Å²) < 4.78 is 0. The van der Waals surface area contributed by atoms with Crippen molar-refractivity contribution in [3.8, 4) is 0 Å². The summed E-state index contributed by atoms with van der Waals surface area (Å²) in [5, 5.41) is 15.1. The Hall–Kier alpha value is -1.89. The Bertz CT molecular complexity index is 432. The van der Waals surface area contributed by atoms with Gasteiger partial charge in [-0.1, -0.05) is 13.3 Å². The van der Waals surface area contributed by atoms with Gasteiger partial charge >= 0.3 is 0 Å². The highest BCUT2D eigenvalue weighted by Gasteiger charge is 2.24. The fourth-order valence-corrected chi connectivity index (χ4v) is 1.79. The second-order valence-corrected chi connectivity index (χ2v) is 4.26. The van der Waals surface area contributed by atoms with Crippen LogP contribution in [0.3, 0.4) is 0 Å². The van der Waals surface area contributed by atoms with Crippen molar-refractivity contribution in [1.29, 1.82) is 0 Å². The minimum absolute atomic E-state index is 0.0935. The van der Waals surface area contributed by atoms with Gasteiger partial charge in [-0.15, -0.1) is 0 Å². The first-order valence-corrected chi connectivity index (χ1v) is 6.04. The van der Waals surface area contributed by atoms with Gasteiger partial charge < -0.3 is 10.6 Å². The average Bonchev–Trinajstić information content (AvgIpc) is 2.78. The van der Waals surface area contributed by atoms with Gasteiger partial charge in [0.25, 0.3) is 0 Å². The van der Waals surface area contributed by atoms with Gasteiger partial charge in [0.1, 0.15) is 6.04 Å². The highest BCUT2D eigenvalue weighted by molar-refractivity contribution is 5.95. The molecule has 2 amide bonds. The number of rotatable bonds is 4. The number of anilines is 1. The fourth-order valence-electron chi connectivity index (χ4n) is 1.79. The molecule has 1 unspecified atom stereocenters. The van der Waals surface area contributed by atoms with E-state index in [2.05, 4.69) is 33.1 Å². The third kappa shape index (κ3) is 3.07. The molecule has 0 aliphatic carbocycles. The SMILES string of the molecule is CCCc1cc(NC(=O)C2CNC(=O)CN2)n[nH]1. The zero-order chi connectivity index (χ0) is 13.0. The molecule has 0 radical (unpaired) electrons. The van der Waals surface area contributed by atoms with Crippen LogP contribution in [-0.4, -0.2) is 41.1 Å². The zero-order valence-electron chi connectivity index (χ0n) is 10.2. The molecule has 0 bridgehead atoms. The Morgan fingerprint density at radius 1 is 1.61 bits per heavy atom. The first kappa shape index (κ1) is 12.6. The summed E-state index contributed by atoms with van der Waals surface area (Å²) in [5.74, 6) is 0.232. The number of H-pyrrole nitrogens is 1. The molecular formula is C11H17N5O2. The lowest BCUT2D eigenvalue weighted by molar-refractivity contribution is -0.124. The topological polar surface area (TPSA) is 98.9 Å². The molecular weight excluding hydrogens is 234 g/mol. The molecule has 1 aliphatic rings. The number of nitrogens with zero attached hydrogens (tertiary/aromatic N) is 1. The predicted molar refractivity (Wildman–Crippen MR) is 66.0 cm³/mol. The van der Waals surface area contributed by atoms with Gasteiger partial charge in [0.2, 0.25) is 11.8 Å². The predicted octanol–water partition coefficient (Wildman–Crippen LogP) is -0.611. The summed E-state index contributed by atoms with van der Waals surface area (Å²) in [6.45, 7) is 2.55. The van der Waals surface area contributed by atoms with E-state index in [1.54, 1.807) is 0 Å². The Kier molecular flexibility index (Phi) is 3.93. The number of carbonyl (C=O) groups is 2.